The van der Waals surface area contributed by atoms with Gasteiger partial charge >= 0.3 is 0 Å². The van der Waals surface area contributed by atoms with Crippen LogP contribution in [0, 0.1) is 18.2 Å². The van der Waals surface area contributed by atoms with E-state index in [-0.39, 0.29) is 13.0 Å². The molecule has 0 saturated carbocycles. The van der Waals surface area contributed by atoms with E-state index in [9.17, 15) is 14.3 Å². The van der Waals surface area contributed by atoms with Gasteiger partial charge < -0.3 is 15.2 Å². The highest BCUT2D eigenvalue weighted by atomic mass is 19.1. The second-order valence-electron chi connectivity index (χ2n) is 4.84. The van der Waals surface area contributed by atoms with Gasteiger partial charge in [0.15, 0.2) is 0 Å². The number of terminal acetylenes is 1. The highest BCUT2D eigenvalue weighted by Crippen LogP contribution is 2.20. The summed E-state index contributed by atoms with van der Waals surface area (Å²) in [5.41, 5.74) is 0.877. The maximum Gasteiger partial charge on any atom is 0.227 e. The van der Waals surface area contributed by atoms with Gasteiger partial charge in [0, 0.05) is 11.8 Å². The summed E-state index contributed by atoms with van der Waals surface area (Å²) in [5.74, 6) is 2.03. The average molecular weight is 313 g/mol. The largest absolute Gasteiger partial charge is 0.481 e. The molecule has 0 spiro atoms. The van der Waals surface area contributed by atoms with E-state index in [0.717, 1.165) is 0 Å². The lowest BCUT2D eigenvalue weighted by Crippen LogP contribution is -2.15. The van der Waals surface area contributed by atoms with Crippen molar-refractivity contribution in [3.05, 3.63) is 59.9 Å². The summed E-state index contributed by atoms with van der Waals surface area (Å²) in [6, 6.07) is 12.3. The van der Waals surface area contributed by atoms with Crippen molar-refractivity contribution < 1.29 is 19.0 Å². The van der Waals surface area contributed by atoms with Gasteiger partial charge in [-0.25, -0.2) is 4.39 Å². The van der Waals surface area contributed by atoms with E-state index in [1.54, 1.807) is 30.3 Å². The topological polar surface area (TPSA) is 58.6 Å². The van der Waals surface area contributed by atoms with E-state index >= 15 is 0 Å². The molecule has 23 heavy (non-hydrogen) atoms. The maximum atomic E-state index is 13.1. The quantitative estimate of drug-likeness (QED) is 0.806. The summed E-state index contributed by atoms with van der Waals surface area (Å²) in [4.78, 5) is 12.0. The highest BCUT2D eigenvalue weighted by Gasteiger charge is 2.14. The van der Waals surface area contributed by atoms with E-state index in [2.05, 4.69) is 11.2 Å². The predicted octanol–water partition coefficient (Wildman–Crippen LogP) is 2.90. The summed E-state index contributed by atoms with van der Waals surface area (Å²) in [6.45, 7) is 0.135. The fraction of sp³-hybridized carbons (Fsp3) is 0.167. The molecule has 0 radical (unpaired) electrons. The normalized spacial score (nSPS) is 11.3. The molecule has 0 saturated heterocycles. The van der Waals surface area contributed by atoms with Crippen LogP contribution in [0.25, 0.3) is 0 Å². The van der Waals surface area contributed by atoms with Gasteiger partial charge in [0.1, 0.15) is 18.2 Å². The lowest BCUT2D eigenvalue weighted by Gasteiger charge is -2.12. The fourth-order valence-corrected chi connectivity index (χ4v) is 2.01. The zero-order chi connectivity index (χ0) is 16.7. The molecule has 118 valence electrons. The molecule has 2 aromatic rings. The van der Waals surface area contributed by atoms with Crippen molar-refractivity contribution in [3.8, 4) is 18.1 Å². The van der Waals surface area contributed by atoms with Crippen molar-refractivity contribution in [2.24, 2.45) is 0 Å². The molecule has 0 aromatic heterocycles. The fourth-order valence-electron chi connectivity index (χ4n) is 2.01. The van der Waals surface area contributed by atoms with Crippen LogP contribution in [-0.2, 0) is 4.79 Å². The first-order valence-corrected chi connectivity index (χ1v) is 6.98. The summed E-state index contributed by atoms with van der Waals surface area (Å²) >= 11 is 0. The van der Waals surface area contributed by atoms with Crippen LogP contribution in [-0.4, -0.2) is 17.6 Å². The zero-order valence-electron chi connectivity index (χ0n) is 12.3. The van der Waals surface area contributed by atoms with Crippen LogP contribution >= 0.6 is 0 Å². The number of amides is 1. The van der Waals surface area contributed by atoms with E-state index in [0.29, 0.717) is 17.0 Å². The van der Waals surface area contributed by atoms with Crippen LogP contribution in [0.15, 0.2) is 48.5 Å². The van der Waals surface area contributed by atoms with Crippen LogP contribution in [0.5, 0.6) is 5.75 Å². The molecule has 1 amide bonds. The molecule has 2 N–H and O–H groups in total. The SMILES string of the molecule is C#CCOc1cccc(NC(=O)CC(O)c2cccc(F)c2)c1. The van der Waals surface area contributed by atoms with E-state index in [1.165, 1.54) is 18.2 Å². The van der Waals surface area contributed by atoms with Gasteiger partial charge in [-0.1, -0.05) is 24.1 Å². The number of aliphatic hydroxyl groups excluding tert-OH is 1. The molecule has 0 bridgehead atoms. The minimum Gasteiger partial charge on any atom is -0.481 e. The van der Waals surface area contributed by atoms with E-state index in [1.807, 2.05) is 0 Å². The number of halogens is 1. The Labute approximate surface area is 133 Å². The number of anilines is 1. The molecule has 0 heterocycles. The van der Waals surface area contributed by atoms with Gasteiger partial charge in [-0.2, -0.15) is 0 Å². The summed E-state index contributed by atoms with van der Waals surface area (Å²) in [7, 11) is 0. The number of aliphatic hydroxyl groups is 1. The van der Waals surface area contributed by atoms with E-state index in [4.69, 9.17) is 11.2 Å². The third kappa shape index (κ3) is 5.13. The van der Waals surface area contributed by atoms with Crippen LogP contribution < -0.4 is 10.1 Å². The number of ether oxygens (including phenoxy) is 1. The second-order valence-corrected chi connectivity index (χ2v) is 4.84. The Bertz CT molecular complexity index is 724. The van der Waals surface area contributed by atoms with Crippen molar-refractivity contribution in [2.75, 3.05) is 11.9 Å². The van der Waals surface area contributed by atoms with Crippen LogP contribution in [0.1, 0.15) is 18.1 Å². The van der Waals surface area contributed by atoms with Gasteiger partial charge in [-0.15, -0.1) is 6.42 Å². The van der Waals surface area contributed by atoms with Crippen molar-refractivity contribution in [1.82, 2.24) is 0 Å². The van der Waals surface area contributed by atoms with Crippen molar-refractivity contribution in [1.29, 1.82) is 0 Å². The lowest BCUT2D eigenvalue weighted by atomic mass is 10.1. The second kappa shape index (κ2) is 7.97. The predicted molar refractivity (Wildman–Crippen MR) is 85.4 cm³/mol. The van der Waals surface area contributed by atoms with Gasteiger partial charge in [-0.3, -0.25) is 4.79 Å². The minimum atomic E-state index is -1.08. The van der Waals surface area contributed by atoms with Crippen molar-refractivity contribution in [2.45, 2.75) is 12.5 Å². The third-order valence-corrected chi connectivity index (χ3v) is 3.05. The van der Waals surface area contributed by atoms with E-state index < -0.39 is 17.8 Å². The summed E-state index contributed by atoms with van der Waals surface area (Å²) in [5, 5.41) is 12.6. The molecule has 0 fully saturated rings. The molecule has 1 unspecified atom stereocenters. The molecule has 2 aromatic carbocycles. The number of carbonyl (C=O) groups is 1. The van der Waals surface area contributed by atoms with Crippen molar-refractivity contribution >= 4 is 11.6 Å². The number of benzene rings is 2. The minimum absolute atomic E-state index is 0.135. The number of carbonyl (C=O) groups excluding carboxylic acids is 1. The van der Waals surface area contributed by atoms with Crippen LogP contribution in [0.3, 0.4) is 0 Å². The first kappa shape index (κ1) is 16.5. The first-order valence-electron chi connectivity index (χ1n) is 6.98. The molecule has 1 atom stereocenters. The number of nitrogens with one attached hydrogen (secondary N) is 1. The van der Waals surface area contributed by atoms with Crippen LogP contribution in [0.4, 0.5) is 10.1 Å². The number of hydrogen-bond donors (Lipinski definition) is 2. The first-order chi connectivity index (χ1) is 11.1. The number of rotatable bonds is 6. The Morgan fingerprint density at radius 3 is 2.83 bits per heavy atom. The molecular formula is C18H16FNO3. The van der Waals surface area contributed by atoms with Crippen LogP contribution in [0.2, 0.25) is 0 Å². The average Bonchev–Trinajstić information content (AvgIpc) is 2.53. The van der Waals surface area contributed by atoms with Gasteiger partial charge in [-0.05, 0) is 29.8 Å². The Morgan fingerprint density at radius 2 is 2.09 bits per heavy atom. The van der Waals surface area contributed by atoms with Gasteiger partial charge in [0.05, 0.1) is 12.5 Å². The monoisotopic (exact) mass is 313 g/mol. The molecule has 0 aliphatic carbocycles. The Morgan fingerprint density at radius 1 is 1.30 bits per heavy atom. The highest BCUT2D eigenvalue weighted by molar-refractivity contribution is 5.91. The summed E-state index contributed by atoms with van der Waals surface area (Å²) in [6.07, 6.45) is 3.86. The number of hydrogen-bond acceptors (Lipinski definition) is 3. The standard InChI is InChI=1S/C18H16FNO3/c1-2-9-23-16-8-4-7-15(11-16)20-18(22)12-17(21)13-5-3-6-14(19)10-13/h1,3-8,10-11,17,21H,9,12H2,(H,20,22). The lowest BCUT2D eigenvalue weighted by molar-refractivity contribution is -0.118. The van der Waals surface area contributed by atoms with Crippen molar-refractivity contribution in [3.63, 3.8) is 0 Å². The summed E-state index contributed by atoms with van der Waals surface area (Å²) < 4.78 is 18.4. The third-order valence-electron chi connectivity index (χ3n) is 3.05. The molecular weight excluding hydrogens is 297 g/mol. The molecule has 0 aliphatic rings. The molecule has 4 nitrogen and oxygen atoms in total. The smallest absolute Gasteiger partial charge is 0.227 e. The Kier molecular flexibility index (Phi) is 5.73. The Balaban J connectivity index is 1.95. The molecule has 2 rings (SSSR count). The maximum absolute atomic E-state index is 13.1. The molecule has 5 heteroatoms. The zero-order valence-corrected chi connectivity index (χ0v) is 12.3. The Hall–Kier alpha value is -2.84. The van der Waals surface area contributed by atoms with Gasteiger partial charge in [0.25, 0.3) is 0 Å². The molecule has 0 aliphatic heterocycles. The van der Waals surface area contributed by atoms with Gasteiger partial charge in [0.2, 0.25) is 5.91 Å².